The Morgan fingerprint density at radius 2 is 0.774 bits per heavy atom. The van der Waals surface area contributed by atoms with E-state index in [0.29, 0.717) is 0 Å². The number of aryl methyl sites for hydroxylation is 4. The zero-order chi connectivity index (χ0) is 37.4. The van der Waals surface area contributed by atoms with Crippen LogP contribution in [0, 0.1) is 11.8 Å². The predicted molar refractivity (Wildman–Crippen MR) is 208 cm³/mol. The molecule has 0 amide bonds. The van der Waals surface area contributed by atoms with Crippen LogP contribution < -0.4 is 9.47 Å². The van der Waals surface area contributed by atoms with Gasteiger partial charge in [-0.15, -0.1) is 0 Å². The molecule has 0 N–H and O–H groups in total. The van der Waals surface area contributed by atoms with Crippen molar-refractivity contribution in [2.75, 3.05) is 0 Å². The molecule has 0 bridgehead atoms. The summed E-state index contributed by atoms with van der Waals surface area (Å²) in [4.78, 5) is 0. The summed E-state index contributed by atoms with van der Waals surface area (Å²) in [6.07, 6.45) is 18.5. The average Bonchev–Trinajstić information content (AvgIpc) is 3.18. The van der Waals surface area contributed by atoms with Gasteiger partial charge in [-0.2, -0.15) is 17.6 Å². The molecule has 0 radical (unpaired) electrons. The number of rotatable bonds is 15. The van der Waals surface area contributed by atoms with E-state index < -0.39 is 13.2 Å². The van der Waals surface area contributed by atoms with Gasteiger partial charge in [-0.25, -0.2) is 0 Å². The highest BCUT2D eigenvalue weighted by atomic mass is 19.3. The molecular formula is C47H58F4O2. The Kier molecular flexibility index (Phi) is 16.1. The second-order valence-electron chi connectivity index (χ2n) is 15.2. The minimum absolute atomic E-state index is 0.214. The maximum Gasteiger partial charge on any atom is 0.387 e. The summed E-state index contributed by atoms with van der Waals surface area (Å²) in [6, 6.07) is 32.1. The SMILES string of the molecule is CCC1CCC(c2ccc(CCc3ccc(OC(F)F)cc3)cc2)CC1.CCCC1CCC(c2ccc(CCc3ccc(OC(F)F)cc3)cc2)CC1. The Hall–Kier alpha value is -3.80. The summed E-state index contributed by atoms with van der Waals surface area (Å²) in [6.45, 7) is -0.942. The van der Waals surface area contributed by atoms with Gasteiger partial charge in [0.1, 0.15) is 11.5 Å². The lowest BCUT2D eigenvalue weighted by atomic mass is 9.77. The molecule has 4 aromatic rings. The van der Waals surface area contributed by atoms with Crippen LogP contribution in [0.2, 0.25) is 0 Å². The third kappa shape index (κ3) is 13.5. The fourth-order valence-corrected chi connectivity index (χ4v) is 8.26. The first-order chi connectivity index (χ1) is 25.8. The van der Waals surface area contributed by atoms with Gasteiger partial charge in [-0.3, -0.25) is 0 Å². The molecule has 0 aliphatic heterocycles. The number of benzene rings is 4. The van der Waals surface area contributed by atoms with Crippen molar-refractivity contribution in [2.45, 2.75) is 135 Å². The summed E-state index contributed by atoms with van der Waals surface area (Å²) < 4.78 is 57.5. The maximum absolute atomic E-state index is 12.2. The molecule has 0 heterocycles. The summed E-state index contributed by atoms with van der Waals surface area (Å²) in [5, 5.41) is 0. The molecule has 0 spiro atoms. The lowest BCUT2D eigenvalue weighted by Crippen LogP contribution is -2.13. The predicted octanol–water partition coefficient (Wildman–Crippen LogP) is 13.9. The normalized spacial score (nSPS) is 20.2. The van der Waals surface area contributed by atoms with Crippen molar-refractivity contribution in [1.82, 2.24) is 0 Å². The summed E-state index contributed by atoms with van der Waals surface area (Å²) in [7, 11) is 0. The first-order valence-corrected chi connectivity index (χ1v) is 20.0. The number of hydrogen-bond acceptors (Lipinski definition) is 2. The molecule has 286 valence electrons. The van der Waals surface area contributed by atoms with Crippen LogP contribution in [-0.2, 0) is 25.7 Å². The van der Waals surface area contributed by atoms with Crippen LogP contribution in [0.15, 0.2) is 97.1 Å². The van der Waals surface area contributed by atoms with Crippen molar-refractivity contribution in [3.8, 4) is 11.5 Å². The molecule has 0 atom stereocenters. The Morgan fingerprint density at radius 3 is 1.08 bits per heavy atom. The first kappa shape index (κ1) is 40.4. The molecule has 2 saturated carbocycles. The van der Waals surface area contributed by atoms with Gasteiger partial charge in [-0.1, -0.05) is 106 Å². The van der Waals surface area contributed by atoms with E-state index in [1.54, 1.807) is 24.3 Å². The van der Waals surface area contributed by atoms with Gasteiger partial charge in [0.2, 0.25) is 0 Å². The molecule has 0 aromatic heterocycles. The fraction of sp³-hybridized carbons (Fsp3) is 0.489. The second kappa shape index (κ2) is 21.2. The minimum atomic E-state index is -2.77. The van der Waals surface area contributed by atoms with E-state index in [9.17, 15) is 17.6 Å². The van der Waals surface area contributed by atoms with Crippen molar-refractivity contribution in [2.24, 2.45) is 11.8 Å². The van der Waals surface area contributed by atoms with Crippen LogP contribution in [-0.4, -0.2) is 13.2 Å². The Balaban J connectivity index is 0.000000204. The van der Waals surface area contributed by atoms with E-state index in [4.69, 9.17) is 0 Å². The third-order valence-corrected chi connectivity index (χ3v) is 11.6. The van der Waals surface area contributed by atoms with Crippen LogP contribution in [0.25, 0.3) is 0 Å². The molecule has 6 heteroatoms. The Bertz CT molecular complexity index is 1570. The highest BCUT2D eigenvalue weighted by molar-refractivity contribution is 5.31. The Morgan fingerprint density at radius 1 is 0.453 bits per heavy atom. The smallest absolute Gasteiger partial charge is 0.387 e. The van der Waals surface area contributed by atoms with E-state index in [-0.39, 0.29) is 11.5 Å². The van der Waals surface area contributed by atoms with Crippen molar-refractivity contribution in [3.63, 3.8) is 0 Å². The highest BCUT2D eigenvalue weighted by Gasteiger charge is 2.22. The van der Waals surface area contributed by atoms with Gasteiger partial charge in [-0.05, 0) is 158 Å². The molecule has 2 aliphatic rings. The van der Waals surface area contributed by atoms with Gasteiger partial charge in [0, 0.05) is 0 Å². The van der Waals surface area contributed by atoms with Crippen molar-refractivity contribution in [1.29, 1.82) is 0 Å². The van der Waals surface area contributed by atoms with E-state index in [1.165, 1.54) is 92.9 Å². The van der Waals surface area contributed by atoms with Crippen molar-refractivity contribution < 1.29 is 27.0 Å². The monoisotopic (exact) mass is 730 g/mol. The number of ether oxygens (including phenoxy) is 2. The standard InChI is InChI=1S/C24H30F2O.C23H28F2O/c1-2-3-18-6-12-21(13-7-18)22-14-8-19(9-15-22)4-5-20-10-16-23(17-11-20)27-24(25)26;1-2-17-5-11-20(12-6-17)21-13-7-18(8-14-21)3-4-19-9-15-22(16-10-19)26-23(24)25/h8-11,14-18,21,24H,2-7,12-13H2,1H3;7-10,13-17,20,23H,2-6,11-12H2,1H3. The molecule has 4 aromatic carbocycles. The molecule has 2 nitrogen and oxygen atoms in total. The molecule has 0 unspecified atom stereocenters. The second-order valence-corrected chi connectivity index (χ2v) is 15.2. The molecule has 2 fully saturated rings. The maximum atomic E-state index is 12.2. The lowest BCUT2D eigenvalue weighted by Gasteiger charge is -2.28. The Labute approximate surface area is 315 Å². The topological polar surface area (TPSA) is 18.5 Å². The van der Waals surface area contributed by atoms with Gasteiger partial charge in [0.15, 0.2) is 0 Å². The number of halogens is 4. The van der Waals surface area contributed by atoms with Crippen LogP contribution in [0.5, 0.6) is 11.5 Å². The van der Waals surface area contributed by atoms with Crippen LogP contribution in [0.1, 0.15) is 130 Å². The molecular weight excluding hydrogens is 673 g/mol. The van der Waals surface area contributed by atoms with E-state index in [0.717, 1.165) is 60.5 Å². The van der Waals surface area contributed by atoms with Gasteiger partial charge < -0.3 is 9.47 Å². The third-order valence-electron chi connectivity index (χ3n) is 11.6. The number of alkyl halides is 4. The largest absolute Gasteiger partial charge is 0.435 e. The van der Waals surface area contributed by atoms with Gasteiger partial charge in [0.05, 0.1) is 0 Å². The van der Waals surface area contributed by atoms with Crippen molar-refractivity contribution in [3.05, 3.63) is 130 Å². The van der Waals surface area contributed by atoms with Crippen LogP contribution in [0.4, 0.5) is 17.6 Å². The fourth-order valence-electron chi connectivity index (χ4n) is 8.26. The molecule has 2 aliphatic carbocycles. The van der Waals surface area contributed by atoms with Gasteiger partial charge in [0.25, 0.3) is 0 Å². The van der Waals surface area contributed by atoms with E-state index in [1.807, 2.05) is 24.3 Å². The number of hydrogen-bond donors (Lipinski definition) is 0. The quantitative estimate of drug-likeness (QED) is 0.113. The minimum Gasteiger partial charge on any atom is -0.435 e. The van der Waals surface area contributed by atoms with Crippen LogP contribution in [0.3, 0.4) is 0 Å². The van der Waals surface area contributed by atoms with E-state index in [2.05, 4.69) is 71.9 Å². The van der Waals surface area contributed by atoms with Gasteiger partial charge >= 0.3 is 13.2 Å². The average molecular weight is 731 g/mol. The molecule has 6 rings (SSSR count). The van der Waals surface area contributed by atoms with Crippen molar-refractivity contribution >= 4 is 0 Å². The zero-order valence-corrected chi connectivity index (χ0v) is 31.6. The first-order valence-electron chi connectivity index (χ1n) is 20.0. The lowest BCUT2D eigenvalue weighted by molar-refractivity contribution is -0.0505. The highest BCUT2D eigenvalue weighted by Crippen LogP contribution is 2.38. The molecule has 53 heavy (non-hydrogen) atoms. The van der Waals surface area contributed by atoms with Crippen LogP contribution >= 0.6 is 0 Å². The summed E-state index contributed by atoms with van der Waals surface area (Å²) >= 11 is 0. The van der Waals surface area contributed by atoms with E-state index >= 15 is 0 Å². The summed E-state index contributed by atoms with van der Waals surface area (Å²) in [5.41, 5.74) is 7.89. The summed E-state index contributed by atoms with van der Waals surface area (Å²) in [5.74, 6) is 3.77. The zero-order valence-electron chi connectivity index (χ0n) is 31.6. The molecule has 0 saturated heterocycles.